The molecule has 16 heavy (non-hydrogen) atoms. The van der Waals surface area contributed by atoms with Crippen molar-refractivity contribution in [3.63, 3.8) is 0 Å². The second-order valence-electron chi connectivity index (χ2n) is 3.10. The van der Waals surface area contributed by atoms with Crippen molar-refractivity contribution in [2.45, 2.75) is 6.92 Å². The molecule has 0 fully saturated rings. The number of carbonyl (C=O) groups is 2. The lowest BCUT2D eigenvalue weighted by molar-refractivity contribution is -0.131. The van der Waals surface area contributed by atoms with E-state index in [-0.39, 0.29) is 5.57 Å². The van der Waals surface area contributed by atoms with Crippen molar-refractivity contribution in [1.82, 2.24) is 0 Å². The maximum atomic E-state index is 11.5. The number of nitrogens with one attached hydrogen (secondary N) is 1. The molecule has 2 N–H and O–H groups in total. The molecule has 0 aliphatic heterocycles. The van der Waals surface area contributed by atoms with Crippen LogP contribution in [0.1, 0.15) is 6.92 Å². The standard InChI is InChI=1S/C11H10BrNO3/c1-7(6-10(14)15)11(16)13-9-5-3-2-4-8(9)12/h2-6H,1H3,(H,13,16)(H,14,15)/b7-6-. The third-order valence-electron chi connectivity index (χ3n) is 1.82. The van der Waals surface area contributed by atoms with Gasteiger partial charge in [0.25, 0.3) is 5.91 Å². The highest BCUT2D eigenvalue weighted by Crippen LogP contribution is 2.21. The van der Waals surface area contributed by atoms with E-state index < -0.39 is 11.9 Å². The number of benzene rings is 1. The van der Waals surface area contributed by atoms with E-state index in [1.165, 1.54) is 6.92 Å². The van der Waals surface area contributed by atoms with Crippen LogP contribution in [0.15, 0.2) is 40.4 Å². The van der Waals surface area contributed by atoms with Crippen LogP contribution >= 0.6 is 15.9 Å². The Morgan fingerprint density at radius 2 is 2.00 bits per heavy atom. The molecule has 0 spiro atoms. The summed E-state index contributed by atoms with van der Waals surface area (Å²) in [7, 11) is 0. The van der Waals surface area contributed by atoms with Gasteiger partial charge < -0.3 is 10.4 Å². The lowest BCUT2D eigenvalue weighted by Gasteiger charge is -2.06. The summed E-state index contributed by atoms with van der Waals surface area (Å²) in [5.74, 6) is -1.57. The van der Waals surface area contributed by atoms with E-state index in [9.17, 15) is 9.59 Å². The summed E-state index contributed by atoms with van der Waals surface area (Å²) in [6, 6.07) is 7.10. The Labute approximate surface area is 101 Å². The molecule has 1 amide bonds. The first kappa shape index (κ1) is 12.4. The zero-order chi connectivity index (χ0) is 12.1. The van der Waals surface area contributed by atoms with Crippen molar-refractivity contribution in [3.05, 3.63) is 40.4 Å². The number of carboxylic acid groups (broad SMARTS) is 1. The summed E-state index contributed by atoms with van der Waals surface area (Å²) in [6.07, 6.45) is 0.867. The van der Waals surface area contributed by atoms with Crippen molar-refractivity contribution in [1.29, 1.82) is 0 Å². The van der Waals surface area contributed by atoms with Crippen LogP contribution in [0.4, 0.5) is 5.69 Å². The van der Waals surface area contributed by atoms with Gasteiger partial charge in [0.05, 0.1) is 5.69 Å². The number of rotatable bonds is 3. The first-order chi connectivity index (χ1) is 7.50. The summed E-state index contributed by atoms with van der Waals surface area (Å²) in [5, 5.41) is 11.1. The highest BCUT2D eigenvalue weighted by atomic mass is 79.9. The predicted octanol–water partition coefficient (Wildman–Crippen LogP) is 2.42. The quantitative estimate of drug-likeness (QED) is 0.838. The second-order valence-corrected chi connectivity index (χ2v) is 3.95. The molecule has 0 saturated heterocycles. The van der Waals surface area contributed by atoms with Crippen LogP contribution in [0.5, 0.6) is 0 Å². The van der Waals surface area contributed by atoms with E-state index >= 15 is 0 Å². The summed E-state index contributed by atoms with van der Waals surface area (Å²) in [5.41, 5.74) is 0.744. The minimum Gasteiger partial charge on any atom is -0.478 e. The molecule has 5 heteroatoms. The van der Waals surface area contributed by atoms with Crippen molar-refractivity contribution < 1.29 is 14.7 Å². The van der Waals surface area contributed by atoms with Crippen LogP contribution in [0.2, 0.25) is 0 Å². The van der Waals surface area contributed by atoms with Gasteiger partial charge in [-0.05, 0) is 35.0 Å². The van der Waals surface area contributed by atoms with Gasteiger partial charge in [-0.3, -0.25) is 4.79 Å². The van der Waals surface area contributed by atoms with Crippen LogP contribution in [0.25, 0.3) is 0 Å². The third-order valence-corrected chi connectivity index (χ3v) is 2.51. The molecule has 0 atom stereocenters. The lowest BCUT2D eigenvalue weighted by atomic mass is 10.2. The summed E-state index contributed by atoms with van der Waals surface area (Å²) < 4.78 is 0.742. The first-order valence-electron chi connectivity index (χ1n) is 4.48. The van der Waals surface area contributed by atoms with Gasteiger partial charge in [0.15, 0.2) is 0 Å². The maximum Gasteiger partial charge on any atom is 0.328 e. The Morgan fingerprint density at radius 3 is 2.56 bits per heavy atom. The van der Waals surface area contributed by atoms with E-state index in [4.69, 9.17) is 5.11 Å². The van der Waals surface area contributed by atoms with Crippen LogP contribution in [-0.4, -0.2) is 17.0 Å². The largest absolute Gasteiger partial charge is 0.478 e. The molecule has 0 radical (unpaired) electrons. The van der Waals surface area contributed by atoms with Crippen molar-refractivity contribution in [2.75, 3.05) is 5.32 Å². The molecule has 0 saturated carbocycles. The molecule has 0 bridgehead atoms. The number of para-hydroxylation sites is 1. The van der Waals surface area contributed by atoms with Crippen molar-refractivity contribution in [3.8, 4) is 0 Å². The Kier molecular flexibility index (Phi) is 4.25. The fourth-order valence-electron chi connectivity index (χ4n) is 1.03. The lowest BCUT2D eigenvalue weighted by Crippen LogP contribution is -2.14. The zero-order valence-electron chi connectivity index (χ0n) is 8.53. The third kappa shape index (κ3) is 3.51. The molecule has 0 aromatic heterocycles. The second kappa shape index (κ2) is 5.46. The molecule has 4 nitrogen and oxygen atoms in total. The van der Waals surface area contributed by atoms with Crippen molar-refractivity contribution in [2.24, 2.45) is 0 Å². The summed E-state index contributed by atoms with van der Waals surface area (Å²) in [6.45, 7) is 1.44. The van der Waals surface area contributed by atoms with Gasteiger partial charge in [-0.2, -0.15) is 0 Å². The zero-order valence-corrected chi connectivity index (χ0v) is 10.1. The SMILES string of the molecule is C/C(=C/C(=O)O)C(=O)Nc1ccccc1Br. The molecule has 0 heterocycles. The number of aliphatic carboxylic acids is 1. The first-order valence-corrected chi connectivity index (χ1v) is 5.27. The number of anilines is 1. The van der Waals surface area contributed by atoms with E-state index in [0.29, 0.717) is 5.69 Å². The molecule has 1 rings (SSSR count). The monoisotopic (exact) mass is 283 g/mol. The fraction of sp³-hybridized carbons (Fsp3) is 0.0909. The van der Waals surface area contributed by atoms with E-state index in [2.05, 4.69) is 21.2 Å². The van der Waals surface area contributed by atoms with Crippen LogP contribution < -0.4 is 5.32 Å². The average Bonchev–Trinajstić information content (AvgIpc) is 2.20. The van der Waals surface area contributed by atoms with E-state index in [1.54, 1.807) is 18.2 Å². The van der Waals surface area contributed by atoms with Gasteiger partial charge in [-0.25, -0.2) is 4.79 Å². The number of carboxylic acids is 1. The van der Waals surface area contributed by atoms with E-state index in [0.717, 1.165) is 10.5 Å². The van der Waals surface area contributed by atoms with E-state index in [1.807, 2.05) is 6.07 Å². The molecule has 0 aliphatic carbocycles. The highest BCUT2D eigenvalue weighted by molar-refractivity contribution is 9.10. The molecular weight excluding hydrogens is 274 g/mol. The highest BCUT2D eigenvalue weighted by Gasteiger charge is 2.07. The minimum absolute atomic E-state index is 0.142. The number of hydrogen-bond acceptors (Lipinski definition) is 2. The molecule has 0 unspecified atom stereocenters. The smallest absolute Gasteiger partial charge is 0.328 e. The number of hydrogen-bond donors (Lipinski definition) is 2. The van der Waals surface area contributed by atoms with Crippen LogP contribution in [0, 0.1) is 0 Å². The number of halogens is 1. The van der Waals surface area contributed by atoms with Crippen molar-refractivity contribution >= 4 is 33.5 Å². The normalized spacial score (nSPS) is 11.0. The van der Waals surface area contributed by atoms with Gasteiger partial charge in [0.2, 0.25) is 0 Å². The molecule has 0 aliphatic rings. The average molecular weight is 284 g/mol. The summed E-state index contributed by atoms with van der Waals surface area (Å²) >= 11 is 3.27. The molecule has 84 valence electrons. The maximum absolute atomic E-state index is 11.5. The molecule has 1 aromatic rings. The molecule has 1 aromatic carbocycles. The Morgan fingerprint density at radius 1 is 1.38 bits per heavy atom. The Hall–Kier alpha value is -1.62. The summed E-state index contributed by atoms with van der Waals surface area (Å²) in [4.78, 5) is 21.9. The Bertz CT molecular complexity index is 454. The van der Waals surface area contributed by atoms with Crippen LogP contribution in [0.3, 0.4) is 0 Å². The van der Waals surface area contributed by atoms with Gasteiger partial charge >= 0.3 is 5.97 Å². The number of carbonyl (C=O) groups excluding carboxylic acids is 1. The van der Waals surface area contributed by atoms with Gasteiger partial charge in [-0.15, -0.1) is 0 Å². The number of amides is 1. The fourth-order valence-corrected chi connectivity index (χ4v) is 1.42. The minimum atomic E-state index is -1.14. The Balaban J connectivity index is 2.80. The molecular formula is C11H10BrNO3. The van der Waals surface area contributed by atoms with Gasteiger partial charge in [0, 0.05) is 16.1 Å². The van der Waals surface area contributed by atoms with Gasteiger partial charge in [-0.1, -0.05) is 12.1 Å². The van der Waals surface area contributed by atoms with Crippen LogP contribution in [-0.2, 0) is 9.59 Å². The predicted molar refractivity (Wildman–Crippen MR) is 64.2 cm³/mol. The topological polar surface area (TPSA) is 66.4 Å². The van der Waals surface area contributed by atoms with Gasteiger partial charge in [0.1, 0.15) is 0 Å².